The molecule has 3 aliphatic rings. The minimum atomic E-state index is 0. The van der Waals surface area contributed by atoms with E-state index in [4.69, 9.17) is 14.2 Å². The van der Waals surface area contributed by atoms with E-state index in [1.165, 1.54) is 18.5 Å². The molecule has 1 aliphatic carbocycles. The van der Waals surface area contributed by atoms with Crippen molar-refractivity contribution >= 4 is 30.5 Å². The fraction of sp³-hybridized carbons (Fsp3) is 0.714. The van der Waals surface area contributed by atoms with Crippen LogP contribution >= 0.6 is 24.8 Å². The number of halogens is 2. The summed E-state index contributed by atoms with van der Waals surface area (Å²) in [7, 11) is 1.72. The van der Waals surface area contributed by atoms with Crippen molar-refractivity contribution in [3.8, 4) is 11.5 Å². The number of hydrogen-bond donors (Lipinski definition) is 1. The van der Waals surface area contributed by atoms with Crippen molar-refractivity contribution in [2.45, 2.75) is 37.8 Å². The standard InChI is InChI=1S/C21H33N3O3.2ClH/c1-25-20-7-6-18(14-21(20)27-19-4-2-3-5-19)24-9-8-22-17(16-24)15-23-10-12-26-13-11-23;;/h6-7,14,17,19,22H,2-5,8-13,15-16H2,1H3;2*1H. The minimum absolute atomic E-state index is 0. The maximum absolute atomic E-state index is 6.29. The summed E-state index contributed by atoms with van der Waals surface area (Å²) in [5, 5.41) is 3.68. The van der Waals surface area contributed by atoms with E-state index in [0.29, 0.717) is 12.1 Å². The van der Waals surface area contributed by atoms with E-state index in [2.05, 4.69) is 33.3 Å². The number of methoxy groups -OCH3 is 1. The number of piperazine rings is 1. The van der Waals surface area contributed by atoms with E-state index in [1.807, 2.05) is 0 Å². The lowest BCUT2D eigenvalue weighted by Gasteiger charge is -2.38. The maximum atomic E-state index is 6.29. The fourth-order valence-corrected chi connectivity index (χ4v) is 4.42. The van der Waals surface area contributed by atoms with Crippen LogP contribution in [0.4, 0.5) is 5.69 Å². The van der Waals surface area contributed by atoms with Crippen LogP contribution in [0.5, 0.6) is 11.5 Å². The smallest absolute Gasteiger partial charge is 0.163 e. The molecule has 166 valence electrons. The summed E-state index contributed by atoms with van der Waals surface area (Å²) < 4.78 is 17.3. The van der Waals surface area contributed by atoms with Crippen LogP contribution in [0.2, 0.25) is 0 Å². The Bertz CT molecular complexity index is 611. The second-order valence-electron chi connectivity index (χ2n) is 7.87. The third-order valence-corrected chi connectivity index (χ3v) is 5.95. The first kappa shape index (κ1) is 24.4. The van der Waals surface area contributed by atoms with E-state index in [9.17, 15) is 0 Å². The van der Waals surface area contributed by atoms with Crippen LogP contribution in [0.3, 0.4) is 0 Å². The molecule has 1 aromatic carbocycles. The molecule has 2 heterocycles. The van der Waals surface area contributed by atoms with Crippen LogP contribution in [0.1, 0.15) is 25.7 Å². The summed E-state index contributed by atoms with van der Waals surface area (Å²) in [6.45, 7) is 7.94. The number of nitrogens with zero attached hydrogens (tertiary/aromatic N) is 2. The highest BCUT2D eigenvalue weighted by Gasteiger charge is 2.24. The molecule has 1 atom stereocenters. The first-order valence-corrected chi connectivity index (χ1v) is 10.4. The van der Waals surface area contributed by atoms with Gasteiger partial charge in [0, 0.05) is 57.1 Å². The first-order chi connectivity index (χ1) is 13.3. The summed E-state index contributed by atoms with van der Waals surface area (Å²) in [4.78, 5) is 4.98. The number of anilines is 1. The molecule has 4 rings (SSSR count). The summed E-state index contributed by atoms with van der Waals surface area (Å²) in [6.07, 6.45) is 5.19. The molecule has 0 amide bonds. The zero-order valence-corrected chi connectivity index (χ0v) is 18.9. The Labute approximate surface area is 187 Å². The van der Waals surface area contributed by atoms with Crippen molar-refractivity contribution in [2.75, 3.05) is 64.5 Å². The van der Waals surface area contributed by atoms with Crippen molar-refractivity contribution in [1.29, 1.82) is 0 Å². The van der Waals surface area contributed by atoms with Gasteiger partial charge in [-0.1, -0.05) is 0 Å². The summed E-state index contributed by atoms with van der Waals surface area (Å²) in [5.74, 6) is 1.73. The average Bonchev–Trinajstić information content (AvgIpc) is 3.22. The number of nitrogens with one attached hydrogen (secondary N) is 1. The zero-order chi connectivity index (χ0) is 18.5. The molecule has 2 aliphatic heterocycles. The molecule has 2 saturated heterocycles. The normalized spacial score (nSPS) is 23.2. The molecule has 8 heteroatoms. The van der Waals surface area contributed by atoms with Gasteiger partial charge >= 0.3 is 0 Å². The van der Waals surface area contributed by atoms with Crippen LogP contribution < -0.4 is 19.7 Å². The van der Waals surface area contributed by atoms with Gasteiger partial charge in [-0.05, 0) is 37.8 Å². The average molecular weight is 448 g/mol. The van der Waals surface area contributed by atoms with Gasteiger partial charge in [0.1, 0.15) is 0 Å². The van der Waals surface area contributed by atoms with Crippen molar-refractivity contribution in [3.63, 3.8) is 0 Å². The number of rotatable bonds is 6. The summed E-state index contributed by atoms with van der Waals surface area (Å²) in [5.41, 5.74) is 1.23. The summed E-state index contributed by atoms with van der Waals surface area (Å²) >= 11 is 0. The summed E-state index contributed by atoms with van der Waals surface area (Å²) in [6, 6.07) is 6.88. The largest absolute Gasteiger partial charge is 0.493 e. The lowest BCUT2D eigenvalue weighted by molar-refractivity contribution is 0.0334. The Morgan fingerprint density at radius 1 is 1.07 bits per heavy atom. The quantitative estimate of drug-likeness (QED) is 0.722. The van der Waals surface area contributed by atoms with Gasteiger partial charge in [0.25, 0.3) is 0 Å². The van der Waals surface area contributed by atoms with E-state index < -0.39 is 0 Å². The third-order valence-electron chi connectivity index (χ3n) is 5.95. The van der Waals surface area contributed by atoms with Gasteiger partial charge < -0.3 is 24.4 Å². The Kier molecular flexibility index (Phi) is 10.1. The predicted octanol–water partition coefficient (Wildman–Crippen LogP) is 2.97. The minimum Gasteiger partial charge on any atom is -0.493 e. The van der Waals surface area contributed by atoms with Crippen molar-refractivity contribution in [2.24, 2.45) is 0 Å². The Hall–Kier alpha value is -0.920. The van der Waals surface area contributed by atoms with E-state index in [1.54, 1.807) is 7.11 Å². The second-order valence-corrected chi connectivity index (χ2v) is 7.87. The monoisotopic (exact) mass is 447 g/mol. The van der Waals surface area contributed by atoms with Crippen molar-refractivity contribution < 1.29 is 14.2 Å². The zero-order valence-electron chi connectivity index (χ0n) is 17.3. The van der Waals surface area contributed by atoms with Gasteiger partial charge in [-0.3, -0.25) is 4.90 Å². The van der Waals surface area contributed by atoms with E-state index in [0.717, 1.165) is 76.8 Å². The molecule has 0 radical (unpaired) electrons. The topological polar surface area (TPSA) is 46.2 Å². The molecule has 6 nitrogen and oxygen atoms in total. The van der Waals surface area contributed by atoms with E-state index in [-0.39, 0.29) is 24.8 Å². The molecule has 29 heavy (non-hydrogen) atoms. The van der Waals surface area contributed by atoms with Crippen molar-refractivity contribution in [1.82, 2.24) is 10.2 Å². The number of benzene rings is 1. The molecule has 3 fully saturated rings. The van der Waals surface area contributed by atoms with Crippen LogP contribution in [0, 0.1) is 0 Å². The molecule has 1 N–H and O–H groups in total. The Balaban J connectivity index is 0.00000150. The van der Waals surface area contributed by atoms with Gasteiger partial charge in [0.05, 0.1) is 26.4 Å². The SMILES string of the molecule is COc1ccc(N2CCNC(CN3CCOCC3)C2)cc1OC1CCCC1.Cl.Cl. The van der Waals surface area contributed by atoms with Gasteiger partial charge in [-0.2, -0.15) is 0 Å². The Morgan fingerprint density at radius 3 is 2.55 bits per heavy atom. The second kappa shape index (κ2) is 12.1. The highest BCUT2D eigenvalue weighted by atomic mass is 35.5. The fourth-order valence-electron chi connectivity index (χ4n) is 4.42. The highest BCUT2D eigenvalue weighted by Crippen LogP contribution is 2.35. The van der Waals surface area contributed by atoms with Crippen LogP contribution in [0.25, 0.3) is 0 Å². The third kappa shape index (κ3) is 6.53. The maximum Gasteiger partial charge on any atom is 0.163 e. The van der Waals surface area contributed by atoms with Gasteiger partial charge in [-0.25, -0.2) is 0 Å². The molecule has 1 saturated carbocycles. The molecular formula is C21H35Cl2N3O3. The molecule has 0 bridgehead atoms. The van der Waals surface area contributed by atoms with Crippen LogP contribution in [-0.4, -0.2) is 76.6 Å². The molecule has 0 aromatic heterocycles. The van der Waals surface area contributed by atoms with Crippen LogP contribution in [0.15, 0.2) is 18.2 Å². The highest BCUT2D eigenvalue weighted by molar-refractivity contribution is 5.85. The lowest BCUT2D eigenvalue weighted by Crippen LogP contribution is -2.56. The van der Waals surface area contributed by atoms with Gasteiger partial charge in [-0.15, -0.1) is 24.8 Å². The number of hydrogen-bond acceptors (Lipinski definition) is 6. The van der Waals surface area contributed by atoms with Crippen LogP contribution in [-0.2, 0) is 4.74 Å². The van der Waals surface area contributed by atoms with Gasteiger partial charge in [0.15, 0.2) is 11.5 Å². The van der Waals surface area contributed by atoms with E-state index >= 15 is 0 Å². The number of morpholine rings is 1. The van der Waals surface area contributed by atoms with Crippen molar-refractivity contribution in [3.05, 3.63) is 18.2 Å². The lowest BCUT2D eigenvalue weighted by atomic mass is 10.1. The molecule has 1 aromatic rings. The molecule has 1 unspecified atom stereocenters. The molecular weight excluding hydrogens is 413 g/mol. The predicted molar refractivity (Wildman–Crippen MR) is 122 cm³/mol. The first-order valence-electron chi connectivity index (χ1n) is 10.4. The molecule has 0 spiro atoms. The van der Waals surface area contributed by atoms with Gasteiger partial charge in [0.2, 0.25) is 0 Å². The number of ether oxygens (including phenoxy) is 3. The Morgan fingerprint density at radius 2 is 1.83 bits per heavy atom.